The number of hydrogen-bond donors (Lipinski definition) is 0. The predicted molar refractivity (Wildman–Crippen MR) is 58.3 cm³/mol. The standard InChI is InChI=1S/C9H10N4O3S/c1-2-15-8(14)7-11-12-9(16-7)17-6-13-5-3-4-10-13/h3-5H,2,6H2,1H3. The van der Waals surface area contributed by atoms with Gasteiger partial charge < -0.3 is 9.15 Å². The summed E-state index contributed by atoms with van der Waals surface area (Å²) >= 11 is 1.29. The van der Waals surface area contributed by atoms with Crippen molar-refractivity contribution in [3.63, 3.8) is 0 Å². The van der Waals surface area contributed by atoms with Crippen LogP contribution in [0.3, 0.4) is 0 Å². The number of hydrogen-bond acceptors (Lipinski definition) is 7. The van der Waals surface area contributed by atoms with Gasteiger partial charge in [-0.2, -0.15) is 5.10 Å². The molecule has 0 unspecified atom stereocenters. The fourth-order valence-corrected chi connectivity index (χ4v) is 1.67. The van der Waals surface area contributed by atoms with E-state index in [0.717, 1.165) is 0 Å². The first kappa shape index (κ1) is 11.6. The summed E-state index contributed by atoms with van der Waals surface area (Å²) in [7, 11) is 0. The van der Waals surface area contributed by atoms with Gasteiger partial charge in [0, 0.05) is 12.4 Å². The number of carbonyl (C=O) groups excluding carboxylic acids is 1. The van der Waals surface area contributed by atoms with E-state index < -0.39 is 5.97 Å². The van der Waals surface area contributed by atoms with Crippen molar-refractivity contribution in [3.8, 4) is 0 Å². The van der Waals surface area contributed by atoms with Crippen LogP contribution in [0.4, 0.5) is 0 Å². The first-order valence-corrected chi connectivity index (χ1v) is 5.89. The molecule has 0 aliphatic carbocycles. The number of thioether (sulfide) groups is 1. The highest BCUT2D eigenvalue weighted by atomic mass is 32.2. The van der Waals surface area contributed by atoms with Gasteiger partial charge in [0.2, 0.25) is 0 Å². The lowest BCUT2D eigenvalue weighted by atomic mass is 10.7. The van der Waals surface area contributed by atoms with Crippen LogP contribution >= 0.6 is 11.8 Å². The average molecular weight is 254 g/mol. The van der Waals surface area contributed by atoms with Crippen molar-refractivity contribution in [3.05, 3.63) is 24.4 Å². The van der Waals surface area contributed by atoms with Gasteiger partial charge in [0.25, 0.3) is 5.22 Å². The first-order chi connectivity index (χ1) is 8.29. The molecular formula is C9H10N4O3S. The van der Waals surface area contributed by atoms with E-state index in [4.69, 9.17) is 9.15 Å². The zero-order chi connectivity index (χ0) is 12.1. The third kappa shape index (κ3) is 3.06. The van der Waals surface area contributed by atoms with Gasteiger partial charge in [-0.3, -0.25) is 4.68 Å². The molecule has 0 atom stereocenters. The highest BCUT2D eigenvalue weighted by Gasteiger charge is 2.15. The fourth-order valence-electron chi connectivity index (χ4n) is 1.04. The van der Waals surface area contributed by atoms with Crippen LogP contribution in [0.15, 0.2) is 28.1 Å². The Labute approximate surface area is 101 Å². The molecule has 0 aromatic carbocycles. The van der Waals surface area contributed by atoms with Crippen LogP contribution in [0.2, 0.25) is 0 Å². The number of aromatic nitrogens is 4. The van der Waals surface area contributed by atoms with E-state index in [1.54, 1.807) is 17.8 Å². The smallest absolute Gasteiger partial charge is 0.396 e. The monoisotopic (exact) mass is 254 g/mol. The molecule has 2 aromatic rings. The molecule has 0 fully saturated rings. The molecule has 0 aliphatic rings. The minimum absolute atomic E-state index is 0.130. The second-order valence-corrected chi connectivity index (χ2v) is 3.81. The molecule has 0 saturated heterocycles. The molecule has 0 N–H and O–H groups in total. The van der Waals surface area contributed by atoms with Crippen molar-refractivity contribution < 1.29 is 13.9 Å². The van der Waals surface area contributed by atoms with Gasteiger partial charge in [-0.05, 0) is 24.8 Å². The van der Waals surface area contributed by atoms with E-state index in [9.17, 15) is 4.79 Å². The molecule has 2 rings (SSSR count). The van der Waals surface area contributed by atoms with Crippen molar-refractivity contribution in [1.29, 1.82) is 0 Å². The van der Waals surface area contributed by atoms with Crippen molar-refractivity contribution in [2.45, 2.75) is 18.0 Å². The number of carbonyl (C=O) groups is 1. The molecule has 90 valence electrons. The minimum Gasteiger partial charge on any atom is -0.459 e. The maximum absolute atomic E-state index is 11.2. The van der Waals surface area contributed by atoms with Crippen LogP contribution in [0.25, 0.3) is 0 Å². The molecule has 0 radical (unpaired) electrons. The Balaban J connectivity index is 1.92. The van der Waals surface area contributed by atoms with Crippen LogP contribution in [0.1, 0.15) is 17.6 Å². The van der Waals surface area contributed by atoms with Gasteiger partial charge in [0.05, 0.1) is 12.5 Å². The zero-order valence-electron chi connectivity index (χ0n) is 9.07. The Hall–Kier alpha value is -1.83. The van der Waals surface area contributed by atoms with Crippen LogP contribution in [-0.4, -0.2) is 32.6 Å². The summed E-state index contributed by atoms with van der Waals surface area (Å²) in [6.07, 6.45) is 3.49. The van der Waals surface area contributed by atoms with Crippen molar-refractivity contribution in [2.75, 3.05) is 6.61 Å². The summed E-state index contributed by atoms with van der Waals surface area (Å²) in [4.78, 5) is 11.2. The lowest BCUT2D eigenvalue weighted by Gasteiger charge is -1.96. The number of ether oxygens (including phenoxy) is 1. The summed E-state index contributed by atoms with van der Waals surface area (Å²) in [6, 6.07) is 1.82. The van der Waals surface area contributed by atoms with Crippen molar-refractivity contribution in [2.24, 2.45) is 0 Å². The second-order valence-electron chi connectivity index (χ2n) is 2.91. The predicted octanol–water partition coefficient (Wildman–Crippen LogP) is 1.19. The Kier molecular flexibility index (Phi) is 3.76. The van der Waals surface area contributed by atoms with Gasteiger partial charge in [-0.1, -0.05) is 5.10 Å². The Morgan fingerprint density at radius 3 is 3.18 bits per heavy atom. The van der Waals surface area contributed by atoms with Gasteiger partial charge in [0.15, 0.2) is 0 Å². The summed E-state index contributed by atoms with van der Waals surface area (Å²) < 4.78 is 11.6. The number of nitrogens with zero attached hydrogens (tertiary/aromatic N) is 4. The van der Waals surface area contributed by atoms with Gasteiger partial charge in [0.1, 0.15) is 0 Å². The number of esters is 1. The summed E-state index contributed by atoms with van der Waals surface area (Å²) in [5.41, 5.74) is 0. The highest BCUT2D eigenvalue weighted by molar-refractivity contribution is 7.98. The van der Waals surface area contributed by atoms with Gasteiger partial charge in [-0.25, -0.2) is 4.79 Å². The molecule has 2 heterocycles. The summed E-state index contributed by atoms with van der Waals surface area (Å²) in [5.74, 6) is -0.196. The van der Waals surface area contributed by atoms with Gasteiger partial charge >= 0.3 is 11.9 Å². The summed E-state index contributed by atoms with van der Waals surface area (Å²) in [6.45, 7) is 1.98. The molecule has 0 aliphatic heterocycles. The molecule has 0 amide bonds. The van der Waals surface area contributed by atoms with Crippen molar-refractivity contribution in [1.82, 2.24) is 20.0 Å². The maximum atomic E-state index is 11.2. The topological polar surface area (TPSA) is 83.0 Å². The molecule has 17 heavy (non-hydrogen) atoms. The Bertz CT molecular complexity index is 482. The zero-order valence-corrected chi connectivity index (χ0v) is 9.88. The van der Waals surface area contributed by atoms with Crippen LogP contribution in [0.5, 0.6) is 0 Å². The minimum atomic E-state index is -0.606. The third-order valence-electron chi connectivity index (χ3n) is 1.74. The van der Waals surface area contributed by atoms with E-state index in [1.807, 2.05) is 12.3 Å². The molecule has 0 spiro atoms. The fraction of sp³-hybridized carbons (Fsp3) is 0.333. The number of rotatable bonds is 5. The largest absolute Gasteiger partial charge is 0.459 e. The molecular weight excluding hydrogens is 244 g/mol. The van der Waals surface area contributed by atoms with Crippen LogP contribution in [-0.2, 0) is 10.6 Å². The highest BCUT2D eigenvalue weighted by Crippen LogP contribution is 2.17. The van der Waals surface area contributed by atoms with E-state index in [2.05, 4.69) is 15.3 Å². The molecule has 7 nitrogen and oxygen atoms in total. The van der Waals surface area contributed by atoms with E-state index >= 15 is 0 Å². The van der Waals surface area contributed by atoms with Crippen LogP contribution < -0.4 is 0 Å². The molecule has 0 saturated carbocycles. The maximum Gasteiger partial charge on any atom is 0.396 e. The normalized spacial score (nSPS) is 10.4. The second kappa shape index (κ2) is 5.48. The lowest BCUT2D eigenvalue weighted by Crippen LogP contribution is -2.04. The lowest BCUT2D eigenvalue weighted by molar-refractivity contribution is 0.0475. The first-order valence-electron chi connectivity index (χ1n) is 4.90. The molecule has 8 heteroatoms. The van der Waals surface area contributed by atoms with E-state index in [1.165, 1.54) is 11.8 Å². The quantitative estimate of drug-likeness (QED) is 0.585. The molecule has 2 aromatic heterocycles. The third-order valence-corrected chi connectivity index (χ3v) is 2.54. The SMILES string of the molecule is CCOC(=O)c1nnc(SCn2cccn2)o1. The van der Waals surface area contributed by atoms with Crippen molar-refractivity contribution >= 4 is 17.7 Å². The summed E-state index contributed by atoms with van der Waals surface area (Å²) in [5, 5.41) is 11.6. The average Bonchev–Trinajstić information content (AvgIpc) is 2.98. The van der Waals surface area contributed by atoms with E-state index in [0.29, 0.717) is 11.1 Å². The van der Waals surface area contributed by atoms with E-state index in [-0.39, 0.29) is 12.5 Å². The van der Waals surface area contributed by atoms with Crippen LogP contribution in [0, 0.1) is 0 Å². The Morgan fingerprint density at radius 2 is 2.47 bits per heavy atom. The van der Waals surface area contributed by atoms with Gasteiger partial charge in [-0.15, -0.1) is 5.10 Å². The molecule has 0 bridgehead atoms. The Morgan fingerprint density at radius 1 is 1.59 bits per heavy atom.